The highest BCUT2D eigenvalue weighted by molar-refractivity contribution is 7.71. The van der Waals surface area contributed by atoms with Gasteiger partial charge in [0.1, 0.15) is 12.5 Å². The van der Waals surface area contributed by atoms with Crippen LogP contribution in [0.4, 0.5) is 0 Å². The van der Waals surface area contributed by atoms with Gasteiger partial charge in [-0.2, -0.15) is 4.44 Å². The van der Waals surface area contributed by atoms with Crippen molar-refractivity contribution in [3.8, 4) is 5.75 Å². The summed E-state index contributed by atoms with van der Waals surface area (Å²) in [4.78, 5) is 6.35. The SMILES string of the molecule is OCN1PNPNP1Oc1ccccc1. The maximum atomic E-state index is 9.13. The number of hydrogen-bond donors (Lipinski definition) is 3. The van der Waals surface area contributed by atoms with Crippen LogP contribution in [0.5, 0.6) is 5.75 Å². The Morgan fingerprint density at radius 3 is 2.93 bits per heavy atom. The van der Waals surface area contributed by atoms with Gasteiger partial charge in [-0.1, -0.05) is 18.2 Å². The van der Waals surface area contributed by atoms with Crippen LogP contribution in [0.2, 0.25) is 0 Å². The number of hydrogen-bond acceptors (Lipinski definition) is 5. The first kappa shape index (κ1) is 11.6. The molecule has 0 aromatic heterocycles. The van der Waals surface area contributed by atoms with E-state index < -0.39 is 8.45 Å². The summed E-state index contributed by atoms with van der Waals surface area (Å²) >= 11 is 0. The molecule has 0 radical (unpaired) electrons. The fraction of sp³-hybridized carbons (Fsp3) is 0.143. The summed E-state index contributed by atoms with van der Waals surface area (Å²) in [7, 11) is -0.0181. The smallest absolute Gasteiger partial charge is 0.256 e. The molecular weight excluding hydrogens is 251 g/mol. The Kier molecular flexibility index (Phi) is 4.67. The second-order valence-electron chi connectivity index (χ2n) is 2.69. The van der Waals surface area contributed by atoms with Crippen LogP contribution in [0.3, 0.4) is 0 Å². The summed E-state index contributed by atoms with van der Waals surface area (Å²) < 4.78 is 7.60. The van der Waals surface area contributed by atoms with E-state index in [0.717, 1.165) is 5.75 Å². The first-order chi connectivity index (χ1) is 7.40. The predicted octanol–water partition coefficient (Wildman–Crippen LogP) is 1.75. The van der Waals surface area contributed by atoms with E-state index in [1.807, 2.05) is 34.8 Å². The molecule has 1 aliphatic rings. The normalized spacial score (nSPS) is 25.8. The number of nitrogens with one attached hydrogen (secondary N) is 2. The number of benzene rings is 1. The Balaban J connectivity index is 1.97. The van der Waals surface area contributed by atoms with Crippen molar-refractivity contribution in [3.63, 3.8) is 0 Å². The van der Waals surface area contributed by atoms with E-state index in [-0.39, 0.29) is 6.73 Å². The van der Waals surface area contributed by atoms with E-state index in [4.69, 9.17) is 9.63 Å². The lowest BCUT2D eigenvalue weighted by atomic mass is 10.3. The molecule has 0 amide bonds. The van der Waals surface area contributed by atoms with Crippen molar-refractivity contribution in [2.24, 2.45) is 0 Å². The molecule has 0 bridgehead atoms. The molecule has 82 valence electrons. The monoisotopic (exact) mass is 263 g/mol. The summed E-state index contributed by atoms with van der Waals surface area (Å²) in [6.45, 7) is 0.00145. The molecule has 3 unspecified atom stereocenters. The van der Waals surface area contributed by atoms with Gasteiger partial charge in [0.2, 0.25) is 0 Å². The van der Waals surface area contributed by atoms with Crippen molar-refractivity contribution >= 4 is 26.2 Å². The number of rotatable bonds is 3. The molecule has 0 saturated carbocycles. The Labute approximate surface area is 93.3 Å². The molecule has 2 rings (SSSR count). The summed E-state index contributed by atoms with van der Waals surface area (Å²) in [5, 5.41) is 9.13. The largest absolute Gasteiger partial charge is 0.444 e. The first-order valence-corrected chi connectivity index (χ1v) is 7.49. The molecule has 1 aromatic carbocycles. The highest BCUT2D eigenvalue weighted by atomic mass is 31.2. The maximum Gasteiger partial charge on any atom is 0.256 e. The zero-order chi connectivity index (χ0) is 10.5. The van der Waals surface area contributed by atoms with Crippen LogP contribution < -0.4 is 14.2 Å². The molecule has 1 aliphatic heterocycles. The topological polar surface area (TPSA) is 56.8 Å². The third-order valence-electron chi connectivity index (χ3n) is 1.69. The number of para-hydroxylation sites is 1. The molecule has 5 nitrogen and oxygen atoms in total. The summed E-state index contributed by atoms with van der Waals surface area (Å²) in [5.41, 5.74) is 0. The molecule has 15 heavy (non-hydrogen) atoms. The van der Waals surface area contributed by atoms with Gasteiger partial charge in [-0.25, -0.2) is 4.86 Å². The summed E-state index contributed by atoms with van der Waals surface area (Å²) in [6.07, 6.45) is 0. The summed E-state index contributed by atoms with van der Waals surface area (Å²) in [5.74, 6) is 0.825. The molecule has 3 atom stereocenters. The minimum atomic E-state index is -0.916. The molecule has 3 N–H and O–H groups in total. The predicted molar refractivity (Wildman–Crippen MR) is 65.8 cm³/mol. The van der Waals surface area contributed by atoms with Crippen LogP contribution in [0.25, 0.3) is 0 Å². The van der Waals surface area contributed by atoms with Crippen molar-refractivity contribution in [2.45, 2.75) is 0 Å². The van der Waals surface area contributed by atoms with E-state index in [9.17, 15) is 0 Å². The van der Waals surface area contributed by atoms with Crippen LogP contribution in [0.1, 0.15) is 0 Å². The van der Waals surface area contributed by atoms with Crippen LogP contribution in [0, 0.1) is 0 Å². The van der Waals surface area contributed by atoms with Gasteiger partial charge in [-0.15, -0.1) is 0 Å². The third kappa shape index (κ3) is 3.30. The average Bonchev–Trinajstić information content (AvgIpc) is 2.31. The van der Waals surface area contributed by atoms with Gasteiger partial charge in [0.05, 0.1) is 0 Å². The zero-order valence-electron chi connectivity index (χ0n) is 7.84. The minimum absolute atomic E-state index is 0.00145. The second kappa shape index (κ2) is 6.03. The van der Waals surface area contributed by atoms with E-state index in [1.54, 1.807) is 0 Å². The van der Waals surface area contributed by atoms with Crippen molar-refractivity contribution < 1.29 is 9.63 Å². The van der Waals surface area contributed by atoms with Crippen LogP contribution in [0.15, 0.2) is 30.3 Å². The molecule has 1 fully saturated rings. The van der Waals surface area contributed by atoms with Gasteiger partial charge in [-0.3, -0.25) is 4.86 Å². The van der Waals surface area contributed by atoms with Crippen molar-refractivity contribution in [2.75, 3.05) is 6.73 Å². The van der Waals surface area contributed by atoms with Crippen molar-refractivity contribution in [1.29, 1.82) is 0 Å². The first-order valence-electron chi connectivity index (χ1n) is 4.33. The van der Waals surface area contributed by atoms with E-state index in [2.05, 4.69) is 9.72 Å². The lowest BCUT2D eigenvalue weighted by molar-refractivity contribution is 0.235. The van der Waals surface area contributed by atoms with Crippen molar-refractivity contribution in [3.05, 3.63) is 30.3 Å². The maximum absolute atomic E-state index is 9.13. The Bertz CT molecular complexity index is 303. The van der Waals surface area contributed by atoms with Crippen LogP contribution in [-0.4, -0.2) is 16.3 Å². The van der Waals surface area contributed by atoms with E-state index in [1.165, 1.54) is 0 Å². The van der Waals surface area contributed by atoms with Crippen molar-refractivity contribution in [1.82, 2.24) is 14.2 Å². The highest BCUT2D eigenvalue weighted by Crippen LogP contribution is 2.50. The van der Waals surface area contributed by atoms with Crippen LogP contribution >= 0.6 is 26.2 Å². The third-order valence-corrected chi connectivity index (χ3v) is 6.04. The van der Waals surface area contributed by atoms with Gasteiger partial charge < -0.3 is 9.63 Å². The lowest BCUT2D eigenvalue weighted by Gasteiger charge is -2.32. The molecule has 1 saturated heterocycles. The minimum Gasteiger partial charge on any atom is -0.444 e. The Morgan fingerprint density at radius 2 is 2.20 bits per heavy atom. The van der Waals surface area contributed by atoms with E-state index in [0.29, 0.717) is 17.8 Å². The second-order valence-corrected chi connectivity index (χ2v) is 7.19. The molecule has 1 heterocycles. The van der Waals surface area contributed by atoms with Gasteiger partial charge in [0.25, 0.3) is 8.45 Å². The fourth-order valence-electron chi connectivity index (χ4n) is 1.02. The molecule has 0 spiro atoms. The molecule has 8 heteroatoms. The van der Waals surface area contributed by atoms with Crippen LogP contribution in [-0.2, 0) is 0 Å². The fourth-order valence-corrected chi connectivity index (χ4v) is 5.53. The Morgan fingerprint density at radius 1 is 1.40 bits per heavy atom. The van der Waals surface area contributed by atoms with Gasteiger partial charge >= 0.3 is 0 Å². The highest BCUT2D eigenvalue weighted by Gasteiger charge is 2.24. The quantitative estimate of drug-likeness (QED) is 0.725. The summed E-state index contributed by atoms with van der Waals surface area (Å²) in [6, 6.07) is 9.63. The Hall–Kier alpha value is 0.150. The molecule has 0 aliphatic carbocycles. The number of aliphatic hydroxyl groups is 1. The average molecular weight is 263 g/mol. The van der Waals surface area contributed by atoms with Gasteiger partial charge in [0.15, 0.2) is 0 Å². The zero-order valence-corrected chi connectivity index (χ0v) is 10.7. The lowest BCUT2D eigenvalue weighted by Crippen LogP contribution is -2.25. The van der Waals surface area contributed by atoms with E-state index >= 15 is 0 Å². The molecular formula is C7H12N3O2P3. The number of nitrogens with zero attached hydrogens (tertiary/aromatic N) is 1. The number of aliphatic hydroxyl groups excluding tert-OH is 1. The van der Waals surface area contributed by atoms with Gasteiger partial charge in [0, 0.05) is 17.8 Å². The molecule has 1 aromatic rings. The van der Waals surface area contributed by atoms with Gasteiger partial charge in [-0.05, 0) is 12.1 Å². The standard InChI is InChI=1S/C7H12N3O2P3/c11-6-10-14-8-13-9-15(10)12-7-4-2-1-3-5-7/h1-5,8-9,11,13-14H,6H2.